The quantitative estimate of drug-likeness (QED) is 0.252. The van der Waals surface area contributed by atoms with Gasteiger partial charge in [0, 0.05) is 10.8 Å². The highest BCUT2D eigenvalue weighted by Gasteiger charge is 2.30. The highest BCUT2D eigenvalue weighted by molar-refractivity contribution is 4.80. The molecule has 0 saturated heterocycles. The van der Waals surface area contributed by atoms with Crippen molar-refractivity contribution in [2.45, 2.75) is 25.7 Å². The third-order valence-corrected chi connectivity index (χ3v) is 3.68. The Morgan fingerprint density at radius 1 is 0.444 bits per heavy atom. The minimum Gasteiger partial charge on any atom is -0.396 e. The second kappa shape index (κ2) is 8.79. The van der Waals surface area contributed by atoms with Gasteiger partial charge in [0.25, 0.3) is 0 Å². The van der Waals surface area contributed by atoms with E-state index in [2.05, 4.69) is 0 Å². The fraction of sp³-hybridized carbons (Fsp3) is 1.00. The SMILES string of the molecule is OCC(CO)(CO)CCCCC(CO)(CO)CO. The Bertz CT molecular complexity index is 162. The van der Waals surface area contributed by atoms with Crippen LogP contribution >= 0.6 is 0 Å². The molecule has 0 rings (SSSR count). The minimum absolute atomic E-state index is 0.287. The Labute approximate surface area is 108 Å². The number of hydrogen-bond donors (Lipinski definition) is 6. The summed E-state index contributed by atoms with van der Waals surface area (Å²) in [7, 11) is 0. The monoisotopic (exact) mass is 266 g/mol. The van der Waals surface area contributed by atoms with E-state index in [0.29, 0.717) is 25.7 Å². The molecule has 0 atom stereocenters. The topological polar surface area (TPSA) is 121 Å². The number of hydrogen-bond acceptors (Lipinski definition) is 6. The van der Waals surface area contributed by atoms with E-state index in [0.717, 1.165) is 0 Å². The standard InChI is InChI=1S/C12H26O6/c13-5-11(6-14,7-15)3-1-2-4-12(8-16,9-17)10-18/h13-18H,1-10H2. The molecule has 0 amide bonds. The van der Waals surface area contributed by atoms with Crippen molar-refractivity contribution < 1.29 is 30.6 Å². The van der Waals surface area contributed by atoms with Crippen molar-refractivity contribution >= 4 is 0 Å². The lowest BCUT2D eigenvalue weighted by Crippen LogP contribution is -2.35. The van der Waals surface area contributed by atoms with Crippen molar-refractivity contribution in [2.75, 3.05) is 39.6 Å². The van der Waals surface area contributed by atoms with Gasteiger partial charge in [-0.1, -0.05) is 12.8 Å². The van der Waals surface area contributed by atoms with Crippen LogP contribution in [0.1, 0.15) is 25.7 Å². The summed E-state index contributed by atoms with van der Waals surface area (Å²) in [4.78, 5) is 0. The zero-order valence-corrected chi connectivity index (χ0v) is 10.8. The largest absolute Gasteiger partial charge is 0.396 e. The second-order valence-corrected chi connectivity index (χ2v) is 5.16. The molecule has 18 heavy (non-hydrogen) atoms. The fourth-order valence-electron chi connectivity index (χ4n) is 1.77. The van der Waals surface area contributed by atoms with Gasteiger partial charge in [0.2, 0.25) is 0 Å². The van der Waals surface area contributed by atoms with Crippen LogP contribution in [0.4, 0.5) is 0 Å². The molecule has 0 heterocycles. The Morgan fingerprint density at radius 2 is 0.667 bits per heavy atom. The molecule has 0 aromatic carbocycles. The van der Waals surface area contributed by atoms with Gasteiger partial charge in [0.05, 0.1) is 39.6 Å². The summed E-state index contributed by atoms with van der Waals surface area (Å²) < 4.78 is 0. The van der Waals surface area contributed by atoms with E-state index in [1.54, 1.807) is 0 Å². The average molecular weight is 266 g/mol. The summed E-state index contributed by atoms with van der Waals surface area (Å²) in [6, 6.07) is 0. The summed E-state index contributed by atoms with van der Waals surface area (Å²) in [5.41, 5.74) is -1.75. The zero-order valence-electron chi connectivity index (χ0n) is 10.8. The summed E-state index contributed by atoms with van der Waals surface area (Å²) >= 11 is 0. The molecule has 0 saturated carbocycles. The molecule has 6 N–H and O–H groups in total. The van der Waals surface area contributed by atoms with Gasteiger partial charge in [-0.25, -0.2) is 0 Å². The number of aliphatic hydroxyl groups is 6. The molecule has 0 aliphatic carbocycles. The first-order chi connectivity index (χ1) is 8.57. The summed E-state index contributed by atoms with van der Waals surface area (Å²) in [5, 5.41) is 54.8. The van der Waals surface area contributed by atoms with Gasteiger partial charge in [0.1, 0.15) is 0 Å². The maximum absolute atomic E-state index is 9.13. The van der Waals surface area contributed by atoms with Crippen LogP contribution in [0.2, 0.25) is 0 Å². The van der Waals surface area contributed by atoms with Crippen molar-refractivity contribution in [3.05, 3.63) is 0 Å². The van der Waals surface area contributed by atoms with Crippen LogP contribution in [-0.2, 0) is 0 Å². The molecule has 0 radical (unpaired) electrons. The van der Waals surface area contributed by atoms with Crippen LogP contribution in [0.5, 0.6) is 0 Å². The van der Waals surface area contributed by atoms with Crippen LogP contribution in [0.3, 0.4) is 0 Å². The molecule has 0 spiro atoms. The van der Waals surface area contributed by atoms with E-state index in [9.17, 15) is 0 Å². The summed E-state index contributed by atoms with van der Waals surface area (Å²) in [6.45, 7) is -1.72. The lowest BCUT2D eigenvalue weighted by Gasteiger charge is -2.29. The van der Waals surface area contributed by atoms with E-state index in [4.69, 9.17) is 30.6 Å². The van der Waals surface area contributed by atoms with Crippen molar-refractivity contribution in [1.82, 2.24) is 0 Å². The first-order valence-electron chi connectivity index (χ1n) is 6.23. The van der Waals surface area contributed by atoms with Crippen molar-refractivity contribution in [1.29, 1.82) is 0 Å². The molecule has 6 heteroatoms. The van der Waals surface area contributed by atoms with Gasteiger partial charge >= 0.3 is 0 Å². The van der Waals surface area contributed by atoms with Crippen molar-refractivity contribution in [3.63, 3.8) is 0 Å². The molecule has 0 aliphatic rings. The molecule has 0 aliphatic heterocycles. The first kappa shape index (κ1) is 17.8. The smallest absolute Gasteiger partial charge is 0.0531 e. The van der Waals surface area contributed by atoms with Crippen molar-refractivity contribution in [2.24, 2.45) is 10.8 Å². The van der Waals surface area contributed by atoms with Gasteiger partial charge in [-0.15, -0.1) is 0 Å². The number of unbranched alkanes of at least 4 members (excludes halogenated alkanes) is 1. The normalized spacial score (nSPS) is 13.0. The predicted octanol–water partition coefficient (Wildman–Crippen LogP) is -1.53. The zero-order chi connectivity index (χ0) is 14.1. The molecular formula is C12H26O6. The van der Waals surface area contributed by atoms with E-state index in [-0.39, 0.29) is 39.6 Å². The molecular weight excluding hydrogens is 240 g/mol. The third kappa shape index (κ3) is 4.79. The minimum atomic E-state index is -0.875. The number of aliphatic hydroxyl groups excluding tert-OH is 6. The Morgan fingerprint density at radius 3 is 0.833 bits per heavy atom. The molecule has 0 aromatic heterocycles. The van der Waals surface area contributed by atoms with E-state index in [1.165, 1.54) is 0 Å². The van der Waals surface area contributed by atoms with E-state index < -0.39 is 10.8 Å². The molecule has 6 nitrogen and oxygen atoms in total. The highest BCUT2D eigenvalue weighted by Crippen LogP contribution is 2.27. The van der Waals surface area contributed by atoms with Gasteiger partial charge in [-0.05, 0) is 12.8 Å². The number of rotatable bonds is 11. The Balaban J connectivity index is 4.11. The van der Waals surface area contributed by atoms with E-state index >= 15 is 0 Å². The van der Waals surface area contributed by atoms with Crippen LogP contribution in [0.15, 0.2) is 0 Å². The maximum atomic E-state index is 9.13. The second-order valence-electron chi connectivity index (χ2n) is 5.16. The predicted molar refractivity (Wildman–Crippen MR) is 65.8 cm³/mol. The first-order valence-corrected chi connectivity index (χ1v) is 6.23. The lowest BCUT2D eigenvalue weighted by atomic mass is 9.81. The van der Waals surface area contributed by atoms with Crippen LogP contribution in [-0.4, -0.2) is 70.3 Å². The van der Waals surface area contributed by atoms with Gasteiger partial charge < -0.3 is 30.6 Å². The molecule has 0 aromatic rings. The Hall–Kier alpha value is -0.240. The molecule has 0 bridgehead atoms. The Kier molecular flexibility index (Phi) is 8.67. The third-order valence-electron chi connectivity index (χ3n) is 3.68. The van der Waals surface area contributed by atoms with E-state index in [1.807, 2.05) is 0 Å². The average Bonchev–Trinajstić information content (AvgIpc) is 2.45. The van der Waals surface area contributed by atoms with Gasteiger partial charge in [-0.3, -0.25) is 0 Å². The van der Waals surface area contributed by atoms with Crippen LogP contribution in [0.25, 0.3) is 0 Å². The van der Waals surface area contributed by atoms with Gasteiger partial charge in [0.15, 0.2) is 0 Å². The van der Waals surface area contributed by atoms with Crippen LogP contribution < -0.4 is 0 Å². The lowest BCUT2D eigenvalue weighted by molar-refractivity contribution is -0.0126. The summed E-state index contributed by atoms with van der Waals surface area (Å²) in [6.07, 6.45) is 2.16. The maximum Gasteiger partial charge on any atom is 0.0531 e. The molecule has 110 valence electrons. The molecule has 0 unspecified atom stereocenters. The fourth-order valence-corrected chi connectivity index (χ4v) is 1.77. The highest BCUT2D eigenvalue weighted by atomic mass is 16.3. The summed E-state index contributed by atoms with van der Waals surface area (Å²) in [5.74, 6) is 0. The van der Waals surface area contributed by atoms with Gasteiger partial charge in [-0.2, -0.15) is 0 Å². The molecule has 0 fully saturated rings. The van der Waals surface area contributed by atoms with Crippen LogP contribution in [0, 0.1) is 10.8 Å². The van der Waals surface area contributed by atoms with Crippen molar-refractivity contribution in [3.8, 4) is 0 Å².